The molecule has 6 aromatic rings. The van der Waals surface area contributed by atoms with Crippen molar-refractivity contribution >= 4 is 40.0 Å². The molecule has 0 amide bonds. The van der Waals surface area contributed by atoms with Crippen molar-refractivity contribution in [1.82, 2.24) is 0 Å². The molecule has 0 fully saturated rings. The molecule has 2 heteroatoms. The molecule has 0 spiro atoms. The van der Waals surface area contributed by atoms with Crippen molar-refractivity contribution in [3.05, 3.63) is 268 Å². The zero-order chi connectivity index (χ0) is 40.8. The van der Waals surface area contributed by atoms with E-state index in [1.54, 1.807) is 0 Å². The minimum Gasteiger partial charge on any atom is -0.356 e. The molecule has 4 aliphatic carbocycles. The van der Waals surface area contributed by atoms with E-state index in [4.69, 9.17) is 0 Å². The van der Waals surface area contributed by atoms with Crippen molar-refractivity contribution < 1.29 is 0 Å². The van der Waals surface area contributed by atoms with Crippen LogP contribution in [0.3, 0.4) is 0 Å². The van der Waals surface area contributed by atoms with Gasteiger partial charge in [-0.2, -0.15) is 0 Å². The van der Waals surface area contributed by atoms with E-state index in [1.165, 1.54) is 66.4 Å². The highest BCUT2D eigenvalue weighted by Crippen LogP contribution is 2.37. The van der Waals surface area contributed by atoms with Crippen LogP contribution in [0.15, 0.2) is 236 Å². The molecule has 3 atom stereocenters. The fourth-order valence-electron chi connectivity index (χ4n) is 9.57. The Bertz CT molecular complexity index is 2830. The number of allylic oxidation sites excluding steroid dienone is 11. The normalized spacial score (nSPS) is 19.2. The Balaban J connectivity index is 1.02. The molecule has 0 aliphatic heterocycles. The minimum absolute atomic E-state index is 0.198. The van der Waals surface area contributed by atoms with Gasteiger partial charge in [-0.15, -0.1) is 0 Å². The van der Waals surface area contributed by atoms with Crippen LogP contribution in [0, 0.1) is 11.8 Å². The average molecular weight is 787 g/mol. The van der Waals surface area contributed by atoms with Gasteiger partial charge in [-0.1, -0.05) is 176 Å². The Kier molecular flexibility index (Phi) is 11.0. The number of para-hydroxylation sites is 3. The first-order valence-corrected chi connectivity index (χ1v) is 21.8. The third-order valence-electron chi connectivity index (χ3n) is 12.6. The first kappa shape index (κ1) is 38.1. The zero-order valence-electron chi connectivity index (χ0n) is 34.4. The van der Waals surface area contributed by atoms with Gasteiger partial charge in [0, 0.05) is 22.7 Å². The molecule has 61 heavy (non-hydrogen) atoms. The van der Waals surface area contributed by atoms with Gasteiger partial charge in [0.1, 0.15) is 0 Å². The van der Waals surface area contributed by atoms with Crippen molar-refractivity contribution in [2.45, 2.75) is 31.7 Å². The Morgan fingerprint density at radius 2 is 1.31 bits per heavy atom. The summed E-state index contributed by atoms with van der Waals surface area (Å²) >= 11 is 0. The third-order valence-corrected chi connectivity index (χ3v) is 12.6. The first-order chi connectivity index (χ1) is 30.2. The summed E-state index contributed by atoms with van der Waals surface area (Å²) in [5, 5.41) is 6.15. The largest absolute Gasteiger partial charge is 0.356 e. The highest BCUT2D eigenvalue weighted by Gasteiger charge is 2.25. The van der Waals surface area contributed by atoms with Crippen molar-refractivity contribution in [3.8, 4) is 0 Å². The summed E-state index contributed by atoms with van der Waals surface area (Å²) in [5.74, 6) is 1.11. The maximum absolute atomic E-state index is 3.59. The number of fused-ring (bicyclic) bond motifs is 3. The van der Waals surface area contributed by atoms with Gasteiger partial charge in [0.2, 0.25) is 0 Å². The zero-order valence-corrected chi connectivity index (χ0v) is 34.4. The second-order valence-electron chi connectivity index (χ2n) is 16.4. The number of nitrogens with zero attached hydrogens (tertiary/aromatic N) is 1. The fourth-order valence-corrected chi connectivity index (χ4v) is 9.57. The van der Waals surface area contributed by atoms with Crippen LogP contribution in [0.25, 0.3) is 17.2 Å². The third kappa shape index (κ3) is 8.23. The Hall–Kier alpha value is -7.16. The van der Waals surface area contributed by atoms with Gasteiger partial charge < -0.3 is 10.2 Å². The van der Waals surface area contributed by atoms with Crippen LogP contribution >= 0.6 is 0 Å². The van der Waals surface area contributed by atoms with Crippen LogP contribution in [0.4, 0.5) is 22.7 Å². The Morgan fingerprint density at radius 1 is 0.607 bits per heavy atom. The minimum atomic E-state index is 0.198. The number of benzene rings is 6. The van der Waals surface area contributed by atoms with Gasteiger partial charge in [-0.25, -0.2) is 0 Å². The van der Waals surface area contributed by atoms with Gasteiger partial charge in [0.15, 0.2) is 0 Å². The Labute approximate surface area is 360 Å². The summed E-state index contributed by atoms with van der Waals surface area (Å²) in [6, 6.07) is 57.3. The van der Waals surface area contributed by atoms with Gasteiger partial charge in [-0.05, 0) is 147 Å². The lowest BCUT2D eigenvalue weighted by atomic mass is 9.76. The van der Waals surface area contributed by atoms with Crippen LogP contribution < -0.4 is 20.7 Å². The van der Waals surface area contributed by atoms with Crippen LogP contribution in [-0.2, 0) is 6.42 Å². The summed E-state index contributed by atoms with van der Waals surface area (Å²) in [5.41, 5.74) is 15.0. The van der Waals surface area contributed by atoms with E-state index in [0.717, 1.165) is 37.1 Å². The van der Waals surface area contributed by atoms with E-state index in [-0.39, 0.29) is 6.04 Å². The van der Waals surface area contributed by atoms with Crippen LogP contribution in [0.5, 0.6) is 0 Å². The quantitative estimate of drug-likeness (QED) is 0.139. The van der Waals surface area contributed by atoms with Gasteiger partial charge in [0.25, 0.3) is 0 Å². The maximum Gasteiger partial charge on any atom is 0.0560 e. The highest BCUT2D eigenvalue weighted by atomic mass is 15.2. The topological polar surface area (TPSA) is 15.3 Å². The second-order valence-corrected chi connectivity index (χ2v) is 16.4. The molecule has 0 saturated heterocycles. The highest BCUT2D eigenvalue weighted by molar-refractivity contribution is 5.87. The number of nitrogens with one attached hydrogen (secondary N) is 1. The summed E-state index contributed by atoms with van der Waals surface area (Å²) in [6.07, 6.45) is 31.8. The molecular weight excluding hydrogens is 737 g/mol. The molecular formula is C59H50N2. The summed E-state index contributed by atoms with van der Waals surface area (Å²) in [4.78, 5) is 2.46. The van der Waals surface area contributed by atoms with E-state index in [1.807, 2.05) is 6.07 Å². The molecule has 4 aliphatic rings. The van der Waals surface area contributed by atoms with E-state index in [0.29, 0.717) is 11.8 Å². The van der Waals surface area contributed by atoms with E-state index >= 15 is 0 Å². The van der Waals surface area contributed by atoms with E-state index < -0.39 is 0 Å². The predicted molar refractivity (Wildman–Crippen MR) is 258 cm³/mol. The van der Waals surface area contributed by atoms with Crippen molar-refractivity contribution in [2.24, 2.45) is 11.8 Å². The Morgan fingerprint density at radius 3 is 2.05 bits per heavy atom. The average Bonchev–Trinajstić information content (AvgIpc) is 3.47. The standard InChI is InChI=1S/C59H50N2/c1-4-22-49(23-5-1)60-50-37-33-47(34-38-50)59-56-30-15-14-29-55(56)57(46-35-39-53(40-36-46)61(51-24-6-2-7-25-51)52-26-8-3-9-27-52)42-48-32-31-43(41-58(48)59)17-10-11-18-44-20-16-21-45-19-12-13-28-54(44)45/h1-19,21-27,29-39,41,44,53-54,60H,20,28,40,42H2/b17-10+,18-11+. The van der Waals surface area contributed by atoms with Gasteiger partial charge >= 0.3 is 0 Å². The molecule has 10 rings (SSSR count). The molecule has 0 aromatic heterocycles. The lowest BCUT2D eigenvalue weighted by Gasteiger charge is -2.33. The summed E-state index contributed by atoms with van der Waals surface area (Å²) in [7, 11) is 0. The molecule has 0 saturated carbocycles. The van der Waals surface area contributed by atoms with E-state index in [2.05, 4.69) is 235 Å². The predicted octanol–water partition coefficient (Wildman–Crippen LogP) is 13.1. The number of hydrogen-bond acceptors (Lipinski definition) is 2. The second kappa shape index (κ2) is 17.6. The summed E-state index contributed by atoms with van der Waals surface area (Å²) < 4.78 is 0. The van der Waals surface area contributed by atoms with Gasteiger partial charge in [-0.3, -0.25) is 0 Å². The van der Waals surface area contributed by atoms with Crippen molar-refractivity contribution in [2.75, 3.05) is 10.2 Å². The smallest absolute Gasteiger partial charge is 0.0560 e. The number of rotatable bonds is 10. The molecule has 0 radical (unpaired) electrons. The van der Waals surface area contributed by atoms with Crippen molar-refractivity contribution in [1.29, 1.82) is 0 Å². The van der Waals surface area contributed by atoms with E-state index in [9.17, 15) is 0 Å². The molecule has 2 nitrogen and oxygen atoms in total. The van der Waals surface area contributed by atoms with Crippen LogP contribution in [-0.4, -0.2) is 6.04 Å². The molecule has 3 unspecified atom stereocenters. The molecule has 0 heterocycles. The van der Waals surface area contributed by atoms with Crippen LogP contribution in [0.1, 0.15) is 41.5 Å². The molecule has 296 valence electrons. The lowest BCUT2D eigenvalue weighted by Crippen LogP contribution is -2.31. The fraction of sp³-hybridized carbons (Fsp3) is 0.119. The first-order valence-electron chi connectivity index (χ1n) is 21.8. The molecule has 6 aromatic carbocycles. The van der Waals surface area contributed by atoms with Gasteiger partial charge in [0.05, 0.1) is 6.04 Å². The SMILES string of the molecule is C1=CCC2C(=C1)C=CCC2/C=C/C=C/c1ccc2c(c1)C(c1ccc(Nc3ccccc3)cc1)=c1ccccc1=C(C1=CCC(N(c3ccccc3)c3ccccc3)C=C1)C2. The molecule has 1 N–H and O–H groups in total. The number of hydrogen-bond donors (Lipinski definition) is 1. The molecule has 0 bridgehead atoms. The number of anilines is 4. The van der Waals surface area contributed by atoms with Crippen molar-refractivity contribution in [3.63, 3.8) is 0 Å². The maximum atomic E-state index is 3.59. The monoisotopic (exact) mass is 786 g/mol. The van der Waals surface area contributed by atoms with Crippen LogP contribution in [0.2, 0.25) is 0 Å². The summed E-state index contributed by atoms with van der Waals surface area (Å²) in [6.45, 7) is 0. The lowest BCUT2D eigenvalue weighted by molar-refractivity contribution is 0.452.